The summed E-state index contributed by atoms with van der Waals surface area (Å²) in [6.45, 7) is 8.32. The topological polar surface area (TPSA) is 27.3 Å². The number of rotatable bonds is 7. The molecule has 90 valence electrons. The highest BCUT2D eigenvalue weighted by Crippen LogP contribution is 2.12. The molecule has 15 heavy (non-hydrogen) atoms. The van der Waals surface area contributed by atoms with Crippen molar-refractivity contribution in [3.8, 4) is 0 Å². The van der Waals surface area contributed by atoms with E-state index in [0.717, 1.165) is 24.9 Å². The highest BCUT2D eigenvalue weighted by atomic mass is 15.1. The van der Waals surface area contributed by atoms with E-state index in [9.17, 15) is 0 Å². The van der Waals surface area contributed by atoms with Crippen LogP contribution in [-0.2, 0) is 0 Å². The van der Waals surface area contributed by atoms with Crippen molar-refractivity contribution in [1.82, 2.24) is 15.5 Å². The lowest BCUT2D eigenvalue weighted by atomic mass is 10.1. The van der Waals surface area contributed by atoms with E-state index >= 15 is 0 Å². The lowest BCUT2D eigenvalue weighted by Crippen LogP contribution is -2.33. The maximum Gasteiger partial charge on any atom is 0.00192 e. The monoisotopic (exact) mass is 213 g/mol. The van der Waals surface area contributed by atoms with Crippen molar-refractivity contribution in [2.45, 2.75) is 19.8 Å². The van der Waals surface area contributed by atoms with Gasteiger partial charge in [-0.3, -0.25) is 0 Å². The first-order valence-electron chi connectivity index (χ1n) is 6.30. The predicted molar refractivity (Wildman–Crippen MR) is 66.2 cm³/mol. The van der Waals surface area contributed by atoms with Gasteiger partial charge in [-0.2, -0.15) is 0 Å². The Balaban J connectivity index is 2.04. The second-order valence-corrected chi connectivity index (χ2v) is 4.91. The van der Waals surface area contributed by atoms with Crippen LogP contribution in [0.3, 0.4) is 0 Å². The molecule has 0 aromatic carbocycles. The maximum atomic E-state index is 3.62. The molecule has 0 bridgehead atoms. The molecule has 1 aliphatic heterocycles. The van der Waals surface area contributed by atoms with E-state index in [1.165, 1.54) is 32.5 Å². The van der Waals surface area contributed by atoms with E-state index in [1.807, 2.05) is 7.05 Å². The van der Waals surface area contributed by atoms with Gasteiger partial charge in [-0.15, -0.1) is 0 Å². The first-order valence-corrected chi connectivity index (χ1v) is 6.30. The molecule has 3 heteroatoms. The number of hydrogen-bond acceptors (Lipinski definition) is 3. The molecule has 1 heterocycles. The molecule has 1 saturated heterocycles. The molecule has 0 aliphatic carbocycles. The molecule has 2 N–H and O–H groups in total. The Kier molecular flexibility index (Phi) is 6.22. The largest absolute Gasteiger partial charge is 0.319 e. The minimum atomic E-state index is 0.786. The standard InChI is InChI=1S/C12H27N3/c1-4-11(7-13-2)8-14-9-12-5-6-15(3)10-12/h11-14H,4-10H2,1-3H3. The first kappa shape index (κ1) is 12.9. The fourth-order valence-corrected chi connectivity index (χ4v) is 2.33. The van der Waals surface area contributed by atoms with Gasteiger partial charge in [0.05, 0.1) is 0 Å². The fourth-order valence-electron chi connectivity index (χ4n) is 2.33. The molecule has 3 nitrogen and oxygen atoms in total. The third-order valence-electron chi connectivity index (χ3n) is 3.43. The summed E-state index contributed by atoms with van der Waals surface area (Å²) in [5, 5.41) is 6.87. The Morgan fingerprint density at radius 1 is 1.40 bits per heavy atom. The van der Waals surface area contributed by atoms with Crippen molar-refractivity contribution in [3.63, 3.8) is 0 Å². The van der Waals surface area contributed by atoms with Crippen LogP contribution in [0.1, 0.15) is 19.8 Å². The lowest BCUT2D eigenvalue weighted by Gasteiger charge is -2.17. The zero-order valence-corrected chi connectivity index (χ0v) is 10.6. The SMILES string of the molecule is CCC(CNC)CNCC1CCN(C)C1. The van der Waals surface area contributed by atoms with E-state index in [2.05, 4.69) is 29.5 Å². The van der Waals surface area contributed by atoms with E-state index in [-0.39, 0.29) is 0 Å². The Morgan fingerprint density at radius 3 is 2.73 bits per heavy atom. The average molecular weight is 213 g/mol. The summed E-state index contributed by atoms with van der Waals surface area (Å²) in [5.74, 6) is 1.66. The fraction of sp³-hybridized carbons (Fsp3) is 1.00. The van der Waals surface area contributed by atoms with Crippen LogP contribution in [0, 0.1) is 11.8 Å². The molecular formula is C12H27N3. The van der Waals surface area contributed by atoms with Crippen molar-refractivity contribution >= 4 is 0 Å². The lowest BCUT2D eigenvalue weighted by molar-refractivity contribution is 0.376. The minimum absolute atomic E-state index is 0.786. The molecule has 1 fully saturated rings. The molecular weight excluding hydrogens is 186 g/mol. The summed E-state index contributed by atoms with van der Waals surface area (Å²) in [6, 6.07) is 0. The number of likely N-dealkylation sites (tertiary alicyclic amines) is 1. The molecule has 2 unspecified atom stereocenters. The summed E-state index contributed by atoms with van der Waals surface area (Å²) in [4.78, 5) is 2.43. The highest BCUT2D eigenvalue weighted by molar-refractivity contribution is 4.75. The zero-order chi connectivity index (χ0) is 11.1. The summed E-state index contributed by atoms with van der Waals surface area (Å²) >= 11 is 0. The van der Waals surface area contributed by atoms with E-state index in [1.54, 1.807) is 0 Å². The number of nitrogens with one attached hydrogen (secondary N) is 2. The summed E-state index contributed by atoms with van der Waals surface area (Å²) in [7, 11) is 4.25. The Labute approximate surface area is 94.6 Å². The van der Waals surface area contributed by atoms with E-state index < -0.39 is 0 Å². The van der Waals surface area contributed by atoms with Gasteiger partial charge in [0.2, 0.25) is 0 Å². The van der Waals surface area contributed by atoms with Gasteiger partial charge in [0.1, 0.15) is 0 Å². The van der Waals surface area contributed by atoms with Crippen LogP contribution in [-0.4, -0.2) is 51.7 Å². The molecule has 2 atom stereocenters. The number of hydrogen-bond donors (Lipinski definition) is 2. The van der Waals surface area contributed by atoms with Crippen LogP contribution < -0.4 is 10.6 Å². The van der Waals surface area contributed by atoms with Gasteiger partial charge in [0.25, 0.3) is 0 Å². The van der Waals surface area contributed by atoms with Gasteiger partial charge < -0.3 is 15.5 Å². The van der Waals surface area contributed by atoms with E-state index in [4.69, 9.17) is 0 Å². The molecule has 0 saturated carbocycles. The number of nitrogens with zero attached hydrogens (tertiary/aromatic N) is 1. The molecule has 0 radical (unpaired) electrons. The van der Waals surface area contributed by atoms with Gasteiger partial charge in [-0.25, -0.2) is 0 Å². The third kappa shape index (κ3) is 4.96. The van der Waals surface area contributed by atoms with Gasteiger partial charge in [-0.1, -0.05) is 13.3 Å². The van der Waals surface area contributed by atoms with Crippen LogP contribution in [0.2, 0.25) is 0 Å². The third-order valence-corrected chi connectivity index (χ3v) is 3.43. The summed E-state index contributed by atoms with van der Waals surface area (Å²) in [6.07, 6.45) is 2.63. The van der Waals surface area contributed by atoms with Crippen LogP contribution in [0.5, 0.6) is 0 Å². The molecule has 1 aliphatic rings. The quantitative estimate of drug-likeness (QED) is 0.654. The maximum absolute atomic E-state index is 3.62. The van der Waals surface area contributed by atoms with Crippen LogP contribution >= 0.6 is 0 Å². The normalized spacial score (nSPS) is 24.6. The van der Waals surface area contributed by atoms with E-state index in [0.29, 0.717) is 0 Å². The van der Waals surface area contributed by atoms with Crippen LogP contribution in [0.15, 0.2) is 0 Å². The minimum Gasteiger partial charge on any atom is -0.319 e. The smallest absolute Gasteiger partial charge is 0.00192 e. The van der Waals surface area contributed by atoms with Crippen molar-refractivity contribution in [2.24, 2.45) is 11.8 Å². The zero-order valence-electron chi connectivity index (χ0n) is 10.6. The van der Waals surface area contributed by atoms with Crippen molar-refractivity contribution in [1.29, 1.82) is 0 Å². The molecule has 0 aromatic rings. The molecule has 1 rings (SSSR count). The van der Waals surface area contributed by atoms with Crippen molar-refractivity contribution < 1.29 is 0 Å². The molecule has 0 aromatic heterocycles. The van der Waals surface area contributed by atoms with Crippen LogP contribution in [0.25, 0.3) is 0 Å². The Hall–Kier alpha value is -0.120. The Bertz CT molecular complexity index is 157. The first-order chi connectivity index (χ1) is 7.26. The van der Waals surface area contributed by atoms with Crippen molar-refractivity contribution in [3.05, 3.63) is 0 Å². The van der Waals surface area contributed by atoms with Gasteiger partial charge >= 0.3 is 0 Å². The van der Waals surface area contributed by atoms with Gasteiger partial charge in [-0.05, 0) is 58.5 Å². The average Bonchev–Trinajstić information content (AvgIpc) is 2.63. The predicted octanol–water partition coefficient (Wildman–Crippen LogP) is 0.773. The van der Waals surface area contributed by atoms with Gasteiger partial charge in [0, 0.05) is 6.54 Å². The second-order valence-electron chi connectivity index (χ2n) is 4.91. The molecule has 0 spiro atoms. The highest BCUT2D eigenvalue weighted by Gasteiger charge is 2.18. The van der Waals surface area contributed by atoms with Crippen molar-refractivity contribution in [2.75, 3.05) is 46.8 Å². The summed E-state index contributed by atoms with van der Waals surface area (Å²) in [5.41, 5.74) is 0. The summed E-state index contributed by atoms with van der Waals surface area (Å²) < 4.78 is 0. The Morgan fingerprint density at radius 2 is 2.20 bits per heavy atom. The van der Waals surface area contributed by atoms with Gasteiger partial charge in [0.15, 0.2) is 0 Å². The van der Waals surface area contributed by atoms with Crippen LogP contribution in [0.4, 0.5) is 0 Å². The molecule has 0 amide bonds. The second kappa shape index (κ2) is 7.20.